The van der Waals surface area contributed by atoms with Gasteiger partial charge in [0, 0.05) is 12.8 Å². The number of carbonyl (C=O) groups is 2. The van der Waals surface area contributed by atoms with Gasteiger partial charge < -0.3 is 19.3 Å². The molecule has 2 N–H and O–H groups in total. The number of phosphoric acid groups is 1. The Bertz CT molecular complexity index is 921. The zero-order chi connectivity index (χ0) is 35.4. The smallest absolute Gasteiger partial charge is 0.462 e. The van der Waals surface area contributed by atoms with Gasteiger partial charge in [0.05, 0.1) is 6.61 Å². The molecule has 0 spiro atoms. The van der Waals surface area contributed by atoms with Gasteiger partial charge in [-0.15, -0.1) is 0 Å². The third-order valence-corrected chi connectivity index (χ3v) is 8.31. The third-order valence-electron chi connectivity index (χ3n) is 7.82. The van der Waals surface area contributed by atoms with E-state index in [1.165, 1.54) is 51.4 Å². The molecule has 0 aromatic heterocycles. The minimum atomic E-state index is -4.76. The first-order chi connectivity index (χ1) is 23.3. The largest absolute Gasteiger partial charge is 0.469 e. The van der Waals surface area contributed by atoms with Gasteiger partial charge in [-0.25, -0.2) is 4.57 Å². The second-order valence-electron chi connectivity index (χ2n) is 12.5. The van der Waals surface area contributed by atoms with E-state index in [-0.39, 0.29) is 19.4 Å². The van der Waals surface area contributed by atoms with Crippen LogP contribution in [-0.2, 0) is 28.2 Å². The number of carbonyl (C=O) groups excluding carboxylic acids is 2. The van der Waals surface area contributed by atoms with Gasteiger partial charge in [-0.1, -0.05) is 127 Å². The fraction of sp³-hybridized carbons (Fsp3) is 0.744. The predicted octanol–water partition coefficient (Wildman–Crippen LogP) is 11.2. The minimum absolute atomic E-state index is 0.195. The van der Waals surface area contributed by atoms with Crippen molar-refractivity contribution in [3.8, 4) is 0 Å². The first kappa shape index (κ1) is 46.0. The number of ether oxygens (including phenoxy) is 2. The highest BCUT2D eigenvalue weighted by Gasteiger charge is 2.22. The summed E-state index contributed by atoms with van der Waals surface area (Å²) in [6.45, 7) is 3.60. The Balaban J connectivity index is 4.03. The van der Waals surface area contributed by atoms with Gasteiger partial charge in [0.25, 0.3) is 0 Å². The van der Waals surface area contributed by atoms with E-state index in [1.54, 1.807) is 0 Å². The summed E-state index contributed by atoms with van der Waals surface area (Å²) in [5, 5.41) is 0. The Kier molecular flexibility index (Phi) is 33.4. The molecule has 0 unspecified atom stereocenters. The van der Waals surface area contributed by atoms with Crippen molar-refractivity contribution in [1.82, 2.24) is 0 Å². The van der Waals surface area contributed by atoms with Crippen LogP contribution in [0, 0.1) is 0 Å². The lowest BCUT2D eigenvalue weighted by molar-refractivity contribution is -0.161. The molecule has 0 amide bonds. The van der Waals surface area contributed by atoms with Crippen molar-refractivity contribution >= 4 is 19.8 Å². The molecule has 0 heterocycles. The number of hydrogen-bond donors (Lipinski definition) is 2. The monoisotopic (exact) mass is 696 g/mol. The van der Waals surface area contributed by atoms with Gasteiger partial charge in [-0.05, 0) is 77.0 Å². The van der Waals surface area contributed by atoms with Crippen molar-refractivity contribution in [2.24, 2.45) is 0 Å². The Morgan fingerprint density at radius 2 is 0.938 bits per heavy atom. The molecule has 8 nitrogen and oxygen atoms in total. The van der Waals surface area contributed by atoms with Crippen molar-refractivity contribution in [3.63, 3.8) is 0 Å². The molecular formula is C39H69O8P. The molecule has 0 aliphatic carbocycles. The molecule has 0 radical (unpaired) electrons. The van der Waals surface area contributed by atoms with Gasteiger partial charge >= 0.3 is 19.8 Å². The molecule has 0 saturated heterocycles. The van der Waals surface area contributed by atoms with Crippen LogP contribution in [0.15, 0.2) is 48.6 Å². The number of hydrogen-bond acceptors (Lipinski definition) is 6. The molecular weight excluding hydrogens is 627 g/mol. The number of rotatable bonds is 34. The second-order valence-corrected chi connectivity index (χ2v) is 13.8. The van der Waals surface area contributed by atoms with Crippen LogP contribution < -0.4 is 0 Å². The van der Waals surface area contributed by atoms with E-state index in [0.29, 0.717) is 12.8 Å². The van der Waals surface area contributed by atoms with Gasteiger partial charge in [-0.3, -0.25) is 14.1 Å². The molecule has 0 rings (SSSR count). The van der Waals surface area contributed by atoms with Gasteiger partial charge in [-0.2, -0.15) is 0 Å². The van der Waals surface area contributed by atoms with Crippen LogP contribution in [0.5, 0.6) is 0 Å². The van der Waals surface area contributed by atoms with Crippen molar-refractivity contribution in [2.75, 3.05) is 13.2 Å². The van der Waals surface area contributed by atoms with E-state index in [9.17, 15) is 14.2 Å². The first-order valence-corrected chi connectivity index (χ1v) is 20.5. The fourth-order valence-electron chi connectivity index (χ4n) is 4.96. The molecule has 9 heteroatoms. The standard InChI is InChI=1S/C39H69O8P/c1-3-5-7-9-11-13-15-17-18-19-20-22-23-25-27-29-31-33-38(40)45-35-37(36-46-48(42,43)44)47-39(41)34-32-30-28-26-24-21-16-14-12-10-8-6-4-2/h11,13-14,16-18,20,22,37H,3-10,12,15,19,21,23-36H2,1-2H3,(H2,42,43,44)/b13-11-,16-14-,18-17-,22-20-/t37-/m1/s1. The molecule has 0 saturated carbocycles. The number of phosphoric ester groups is 1. The first-order valence-electron chi connectivity index (χ1n) is 18.9. The fourth-order valence-corrected chi connectivity index (χ4v) is 5.32. The maximum atomic E-state index is 12.3. The second kappa shape index (κ2) is 34.9. The zero-order valence-corrected chi connectivity index (χ0v) is 31.3. The topological polar surface area (TPSA) is 119 Å². The lowest BCUT2D eigenvalue weighted by atomic mass is 10.1. The van der Waals surface area contributed by atoms with Crippen LogP contribution in [0.2, 0.25) is 0 Å². The highest BCUT2D eigenvalue weighted by molar-refractivity contribution is 7.46. The Morgan fingerprint density at radius 1 is 0.542 bits per heavy atom. The summed E-state index contributed by atoms with van der Waals surface area (Å²) in [7, 11) is -4.76. The molecule has 0 fully saturated rings. The van der Waals surface area contributed by atoms with Crippen LogP contribution in [0.3, 0.4) is 0 Å². The molecule has 0 aromatic carbocycles. The van der Waals surface area contributed by atoms with Crippen LogP contribution in [0.25, 0.3) is 0 Å². The van der Waals surface area contributed by atoms with E-state index < -0.39 is 32.5 Å². The van der Waals surface area contributed by atoms with Crippen molar-refractivity contribution in [2.45, 2.75) is 174 Å². The highest BCUT2D eigenvalue weighted by atomic mass is 31.2. The number of esters is 2. The lowest BCUT2D eigenvalue weighted by Crippen LogP contribution is -2.29. The molecule has 48 heavy (non-hydrogen) atoms. The normalized spacial score (nSPS) is 13.0. The summed E-state index contributed by atoms with van der Waals surface area (Å²) in [4.78, 5) is 42.7. The SMILES string of the molecule is CCCCC/C=C\C/C=C\C/C=C\CCCCCCC(=O)OC[C@H](COP(=O)(O)O)OC(=O)CCCCCCC/C=C\CCCCCC. The zero-order valence-electron chi connectivity index (χ0n) is 30.4. The van der Waals surface area contributed by atoms with E-state index in [2.05, 4.69) is 67.0 Å². The van der Waals surface area contributed by atoms with E-state index >= 15 is 0 Å². The molecule has 0 bridgehead atoms. The quantitative estimate of drug-likeness (QED) is 0.0295. The summed E-state index contributed by atoms with van der Waals surface area (Å²) in [5.74, 6) is -0.923. The molecule has 1 atom stereocenters. The average Bonchev–Trinajstić information content (AvgIpc) is 3.05. The third kappa shape index (κ3) is 36.8. The van der Waals surface area contributed by atoms with Crippen LogP contribution in [0.1, 0.15) is 168 Å². The van der Waals surface area contributed by atoms with Crippen LogP contribution in [0.4, 0.5) is 0 Å². The number of allylic oxidation sites excluding steroid dienone is 8. The molecule has 0 aromatic rings. The summed E-state index contributed by atoms with van der Waals surface area (Å²) >= 11 is 0. The van der Waals surface area contributed by atoms with Crippen molar-refractivity contribution < 1.29 is 37.9 Å². The summed E-state index contributed by atoms with van der Waals surface area (Å²) in [6, 6.07) is 0. The summed E-state index contributed by atoms with van der Waals surface area (Å²) in [5.41, 5.74) is 0. The lowest BCUT2D eigenvalue weighted by Gasteiger charge is -2.18. The van der Waals surface area contributed by atoms with E-state index in [1.807, 2.05) is 0 Å². The van der Waals surface area contributed by atoms with Crippen molar-refractivity contribution in [3.05, 3.63) is 48.6 Å². The molecule has 0 aliphatic rings. The summed E-state index contributed by atoms with van der Waals surface area (Å²) in [6.07, 6.45) is 41.1. The number of unbranched alkanes of at least 4 members (excludes halogenated alkanes) is 16. The molecule has 0 aliphatic heterocycles. The van der Waals surface area contributed by atoms with Crippen LogP contribution >= 0.6 is 7.82 Å². The summed E-state index contributed by atoms with van der Waals surface area (Å²) < 4.78 is 26.3. The van der Waals surface area contributed by atoms with Gasteiger partial charge in [0.1, 0.15) is 6.61 Å². The minimum Gasteiger partial charge on any atom is -0.462 e. The van der Waals surface area contributed by atoms with E-state index in [4.69, 9.17) is 19.3 Å². The highest BCUT2D eigenvalue weighted by Crippen LogP contribution is 2.36. The van der Waals surface area contributed by atoms with Gasteiger partial charge in [0.2, 0.25) is 0 Å². The van der Waals surface area contributed by atoms with Crippen LogP contribution in [-0.4, -0.2) is 41.0 Å². The Morgan fingerprint density at radius 3 is 1.46 bits per heavy atom. The molecule has 278 valence electrons. The Hall–Kier alpha value is -1.99. The maximum absolute atomic E-state index is 12.3. The predicted molar refractivity (Wildman–Crippen MR) is 198 cm³/mol. The maximum Gasteiger partial charge on any atom is 0.469 e. The Labute approximate surface area is 293 Å². The van der Waals surface area contributed by atoms with Gasteiger partial charge in [0.15, 0.2) is 6.10 Å². The average molecular weight is 697 g/mol. The van der Waals surface area contributed by atoms with Crippen molar-refractivity contribution in [1.29, 1.82) is 0 Å². The van der Waals surface area contributed by atoms with E-state index in [0.717, 1.165) is 77.0 Å².